The van der Waals surface area contributed by atoms with E-state index in [1.807, 2.05) is 6.07 Å². The zero-order valence-electron chi connectivity index (χ0n) is 13.1. The predicted molar refractivity (Wildman–Crippen MR) is 87.1 cm³/mol. The van der Waals surface area contributed by atoms with Crippen molar-refractivity contribution in [3.63, 3.8) is 0 Å². The Morgan fingerprint density at radius 1 is 1.15 bits per heavy atom. The molecular formula is C17H25N3. The number of benzene rings is 1. The van der Waals surface area contributed by atoms with Crippen LogP contribution in [0, 0.1) is 0 Å². The third-order valence-electron chi connectivity index (χ3n) is 2.97. The Morgan fingerprint density at radius 3 is 2.50 bits per heavy atom. The molecule has 2 aromatic rings. The zero-order chi connectivity index (χ0) is 14.8. The minimum Gasteiger partial charge on any atom is -0.380 e. The summed E-state index contributed by atoms with van der Waals surface area (Å²) >= 11 is 0. The van der Waals surface area contributed by atoms with Crippen LogP contribution in [0.1, 0.15) is 40.3 Å². The fraction of sp³-hybridized carbons (Fsp3) is 0.471. The first-order chi connectivity index (χ1) is 9.35. The molecule has 3 heteroatoms. The molecule has 0 aliphatic heterocycles. The second kappa shape index (κ2) is 5.80. The summed E-state index contributed by atoms with van der Waals surface area (Å²) in [7, 11) is 0. The van der Waals surface area contributed by atoms with Crippen molar-refractivity contribution in [3.05, 3.63) is 36.0 Å². The van der Waals surface area contributed by atoms with E-state index < -0.39 is 0 Å². The lowest BCUT2D eigenvalue weighted by Crippen LogP contribution is -2.27. The molecule has 3 nitrogen and oxygen atoms in total. The molecule has 2 N–H and O–H groups in total. The van der Waals surface area contributed by atoms with Gasteiger partial charge < -0.3 is 10.6 Å². The largest absolute Gasteiger partial charge is 0.380 e. The van der Waals surface area contributed by atoms with Gasteiger partial charge in [0.15, 0.2) is 0 Å². The molecule has 1 heterocycles. The highest BCUT2D eigenvalue weighted by Crippen LogP contribution is 2.25. The van der Waals surface area contributed by atoms with Gasteiger partial charge in [0.2, 0.25) is 0 Å². The van der Waals surface area contributed by atoms with E-state index in [0.29, 0.717) is 6.04 Å². The molecule has 0 atom stereocenters. The Bertz CT molecular complexity index is 582. The molecule has 0 saturated heterocycles. The van der Waals surface area contributed by atoms with E-state index >= 15 is 0 Å². The van der Waals surface area contributed by atoms with Crippen molar-refractivity contribution >= 4 is 16.6 Å². The second-order valence-electron chi connectivity index (χ2n) is 6.59. The number of hydrogen-bond acceptors (Lipinski definition) is 3. The van der Waals surface area contributed by atoms with Crippen LogP contribution >= 0.6 is 0 Å². The first kappa shape index (κ1) is 14.8. The highest BCUT2D eigenvalue weighted by molar-refractivity contribution is 5.91. The smallest absolute Gasteiger partial charge is 0.0726 e. The summed E-state index contributed by atoms with van der Waals surface area (Å²) in [5.74, 6) is 0. The van der Waals surface area contributed by atoms with E-state index in [0.717, 1.165) is 23.4 Å². The van der Waals surface area contributed by atoms with Gasteiger partial charge in [0.1, 0.15) is 0 Å². The monoisotopic (exact) mass is 271 g/mol. The van der Waals surface area contributed by atoms with Crippen molar-refractivity contribution < 1.29 is 0 Å². The van der Waals surface area contributed by atoms with Gasteiger partial charge in [-0.05, 0) is 32.9 Å². The summed E-state index contributed by atoms with van der Waals surface area (Å²) in [5, 5.41) is 8.19. The Kier molecular flexibility index (Phi) is 4.29. The summed E-state index contributed by atoms with van der Waals surface area (Å²) in [6, 6.07) is 10.9. The van der Waals surface area contributed by atoms with Crippen LogP contribution in [0.15, 0.2) is 30.3 Å². The zero-order valence-corrected chi connectivity index (χ0v) is 13.1. The summed E-state index contributed by atoms with van der Waals surface area (Å²) in [6.07, 6.45) is 0. The lowest BCUT2D eigenvalue weighted by molar-refractivity contribution is 0.582. The van der Waals surface area contributed by atoms with Crippen molar-refractivity contribution in [3.8, 4) is 0 Å². The van der Waals surface area contributed by atoms with Gasteiger partial charge in [-0.2, -0.15) is 0 Å². The number of anilines is 1. The second-order valence-corrected chi connectivity index (χ2v) is 6.59. The maximum atomic E-state index is 4.74. The molecule has 0 spiro atoms. The molecule has 2 rings (SSSR count). The van der Waals surface area contributed by atoms with Crippen LogP contribution in [-0.2, 0) is 6.54 Å². The molecule has 0 fully saturated rings. The SMILES string of the molecule is CC(C)NCc1cc(NC(C)(C)C)c2ccccc2n1. The van der Waals surface area contributed by atoms with Crippen LogP contribution in [0.3, 0.4) is 0 Å². The van der Waals surface area contributed by atoms with Crippen LogP contribution in [0.5, 0.6) is 0 Å². The van der Waals surface area contributed by atoms with Crippen LogP contribution < -0.4 is 10.6 Å². The Labute approximate surface area is 121 Å². The van der Waals surface area contributed by atoms with Crippen LogP contribution in [-0.4, -0.2) is 16.6 Å². The molecule has 0 bridgehead atoms. The van der Waals surface area contributed by atoms with E-state index in [4.69, 9.17) is 4.98 Å². The van der Waals surface area contributed by atoms with Crippen molar-refractivity contribution in [2.45, 2.75) is 52.7 Å². The van der Waals surface area contributed by atoms with Gasteiger partial charge in [0.05, 0.1) is 11.2 Å². The van der Waals surface area contributed by atoms with Gasteiger partial charge in [-0.3, -0.25) is 4.98 Å². The normalized spacial score (nSPS) is 12.1. The topological polar surface area (TPSA) is 37.0 Å². The fourth-order valence-corrected chi connectivity index (χ4v) is 2.14. The number of rotatable bonds is 4. The highest BCUT2D eigenvalue weighted by atomic mass is 15.0. The molecule has 0 unspecified atom stereocenters. The summed E-state index contributed by atoms with van der Waals surface area (Å²) in [6.45, 7) is 11.6. The van der Waals surface area contributed by atoms with Gasteiger partial charge >= 0.3 is 0 Å². The van der Waals surface area contributed by atoms with E-state index in [-0.39, 0.29) is 5.54 Å². The first-order valence-electron chi connectivity index (χ1n) is 7.25. The summed E-state index contributed by atoms with van der Waals surface area (Å²) in [4.78, 5) is 4.74. The first-order valence-corrected chi connectivity index (χ1v) is 7.25. The van der Waals surface area contributed by atoms with E-state index in [2.05, 4.69) is 69.5 Å². The number of fused-ring (bicyclic) bond motifs is 1. The minimum atomic E-state index is 0.0346. The predicted octanol–water partition coefficient (Wildman–Crippen LogP) is 3.94. The van der Waals surface area contributed by atoms with E-state index in [1.165, 1.54) is 5.39 Å². The number of para-hydroxylation sites is 1. The average Bonchev–Trinajstić information content (AvgIpc) is 2.34. The van der Waals surface area contributed by atoms with Crippen molar-refractivity contribution in [2.24, 2.45) is 0 Å². The Morgan fingerprint density at radius 2 is 1.85 bits per heavy atom. The van der Waals surface area contributed by atoms with Crippen molar-refractivity contribution in [1.29, 1.82) is 0 Å². The summed E-state index contributed by atoms with van der Waals surface area (Å²) < 4.78 is 0. The van der Waals surface area contributed by atoms with E-state index in [1.54, 1.807) is 0 Å². The maximum Gasteiger partial charge on any atom is 0.0726 e. The van der Waals surface area contributed by atoms with Gasteiger partial charge in [0.25, 0.3) is 0 Å². The molecule has 0 aliphatic rings. The molecule has 0 saturated carbocycles. The van der Waals surface area contributed by atoms with Crippen LogP contribution in [0.2, 0.25) is 0 Å². The lowest BCUT2D eigenvalue weighted by Gasteiger charge is -2.24. The standard InChI is InChI=1S/C17H25N3/c1-12(2)18-11-13-10-16(20-17(3,4)5)14-8-6-7-9-15(14)19-13/h6-10,12,18H,11H2,1-5H3,(H,19,20). The minimum absolute atomic E-state index is 0.0346. The third kappa shape index (κ3) is 3.94. The Balaban J connectivity index is 2.41. The molecule has 20 heavy (non-hydrogen) atoms. The van der Waals surface area contributed by atoms with Crippen molar-refractivity contribution in [2.75, 3.05) is 5.32 Å². The molecular weight excluding hydrogens is 246 g/mol. The molecule has 0 radical (unpaired) electrons. The maximum absolute atomic E-state index is 4.74. The third-order valence-corrected chi connectivity index (χ3v) is 2.97. The van der Waals surface area contributed by atoms with Crippen LogP contribution in [0.4, 0.5) is 5.69 Å². The molecule has 1 aromatic carbocycles. The molecule has 1 aromatic heterocycles. The fourth-order valence-electron chi connectivity index (χ4n) is 2.14. The number of aromatic nitrogens is 1. The quantitative estimate of drug-likeness (QED) is 0.884. The number of nitrogens with zero attached hydrogens (tertiary/aromatic N) is 1. The van der Waals surface area contributed by atoms with Crippen LogP contribution in [0.25, 0.3) is 10.9 Å². The molecule has 0 amide bonds. The number of pyridine rings is 1. The van der Waals surface area contributed by atoms with E-state index in [9.17, 15) is 0 Å². The molecule has 0 aliphatic carbocycles. The number of hydrogen-bond donors (Lipinski definition) is 2. The van der Waals surface area contributed by atoms with Gasteiger partial charge in [-0.1, -0.05) is 32.0 Å². The highest BCUT2D eigenvalue weighted by Gasteiger charge is 2.13. The summed E-state index contributed by atoms with van der Waals surface area (Å²) in [5.41, 5.74) is 3.31. The van der Waals surface area contributed by atoms with Gasteiger partial charge in [0, 0.05) is 29.2 Å². The number of nitrogens with one attached hydrogen (secondary N) is 2. The Hall–Kier alpha value is -1.61. The lowest BCUT2D eigenvalue weighted by atomic mass is 10.1. The molecule has 108 valence electrons. The van der Waals surface area contributed by atoms with Gasteiger partial charge in [-0.25, -0.2) is 0 Å². The van der Waals surface area contributed by atoms with Crippen molar-refractivity contribution in [1.82, 2.24) is 10.3 Å². The van der Waals surface area contributed by atoms with Gasteiger partial charge in [-0.15, -0.1) is 0 Å². The average molecular weight is 271 g/mol.